The van der Waals surface area contributed by atoms with Gasteiger partial charge in [0.1, 0.15) is 5.69 Å². The maximum absolute atomic E-state index is 11.9. The van der Waals surface area contributed by atoms with Crippen molar-refractivity contribution in [3.05, 3.63) is 47.3 Å². The third-order valence-electron chi connectivity index (χ3n) is 2.64. The SMILES string of the molecule is CNC(=O)c1cc(C)ccc1NC(=O)c1ccn[nH]1. The Bertz CT molecular complexity index is 605. The summed E-state index contributed by atoms with van der Waals surface area (Å²) in [6.07, 6.45) is 1.49. The van der Waals surface area contributed by atoms with Crippen LogP contribution in [0.1, 0.15) is 26.4 Å². The number of nitrogens with one attached hydrogen (secondary N) is 3. The zero-order valence-corrected chi connectivity index (χ0v) is 10.7. The van der Waals surface area contributed by atoms with Crippen molar-refractivity contribution < 1.29 is 9.59 Å². The molecule has 0 saturated carbocycles. The summed E-state index contributed by atoms with van der Waals surface area (Å²) in [7, 11) is 1.55. The van der Waals surface area contributed by atoms with Crippen molar-refractivity contribution in [3.63, 3.8) is 0 Å². The molecule has 0 saturated heterocycles. The van der Waals surface area contributed by atoms with Gasteiger partial charge in [-0.1, -0.05) is 11.6 Å². The predicted molar refractivity (Wildman–Crippen MR) is 71.1 cm³/mol. The lowest BCUT2D eigenvalue weighted by Gasteiger charge is -2.10. The molecule has 6 heteroatoms. The lowest BCUT2D eigenvalue weighted by atomic mass is 10.1. The molecule has 1 heterocycles. The number of carbonyl (C=O) groups is 2. The first kappa shape index (κ1) is 12.8. The molecule has 0 aliphatic carbocycles. The first-order chi connectivity index (χ1) is 9.11. The molecule has 0 bridgehead atoms. The molecular weight excluding hydrogens is 244 g/mol. The highest BCUT2D eigenvalue weighted by Gasteiger charge is 2.14. The molecule has 0 fully saturated rings. The normalized spacial score (nSPS) is 10.0. The van der Waals surface area contributed by atoms with Crippen LogP contribution in [0, 0.1) is 6.92 Å². The van der Waals surface area contributed by atoms with E-state index in [2.05, 4.69) is 20.8 Å². The van der Waals surface area contributed by atoms with Gasteiger partial charge < -0.3 is 10.6 Å². The van der Waals surface area contributed by atoms with Gasteiger partial charge in [-0.05, 0) is 25.1 Å². The first-order valence-electron chi connectivity index (χ1n) is 5.75. The van der Waals surface area contributed by atoms with E-state index in [1.165, 1.54) is 6.20 Å². The minimum absolute atomic E-state index is 0.247. The number of H-pyrrole nitrogens is 1. The predicted octanol–water partition coefficient (Wildman–Crippen LogP) is 1.33. The van der Waals surface area contributed by atoms with Crippen LogP contribution in [0.15, 0.2) is 30.5 Å². The summed E-state index contributed by atoms with van der Waals surface area (Å²) in [5.41, 5.74) is 2.17. The van der Waals surface area contributed by atoms with Crippen LogP contribution in [0.25, 0.3) is 0 Å². The monoisotopic (exact) mass is 258 g/mol. The van der Waals surface area contributed by atoms with E-state index in [1.54, 1.807) is 25.2 Å². The Kier molecular flexibility index (Phi) is 3.61. The number of aromatic amines is 1. The fraction of sp³-hybridized carbons (Fsp3) is 0.154. The molecule has 0 atom stereocenters. The molecule has 0 radical (unpaired) electrons. The Morgan fingerprint density at radius 3 is 2.63 bits per heavy atom. The molecule has 1 aromatic heterocycles. The highest BCUT2D eigenvalue weighted by atomic mass is 16.2. The summed E-state index contributed by atoms with van der Waals surface area (Å²) in [5.74, 6) is -0.588. The maximum atomic E-state index is 11.9. The van der Waals surface area contributed by atoms with Gasteiger partial charge in [-0.25, -0.2) is 0 Å². The summed E-state index contributed by atoms with van der Waals surface area (Å²) in [6, 6.07) is 6.81. The van der Waals surface area contributed by atoms with Crippen molar-refractivity contribution in [3.8, 4) is 0 Å². The average molecular weight is 258 g/mol. The van der Waals surface area contributed by atoms with Gasteiger partial charge >= 0.3 is 0 Å². The van der Waals surface area contributed by atoms with Crippen LogP contribution in [0.5, 0.6) is 0 Å². The molecule has 2 rings (SSSR count). The summed E-state index contributed by atoms with van der Waals surface area (Å²) in [4.78, 5) is 23.7. The van der Waals surface area contributed by atoms with Crippen LogP contribution in [-0.4, -0.2) is 29.1 Å². The van der Waals surface area contributed by atoms with E-state index >= 15 is 0 Å². The van der Waals surface area contributed by atoms with E-state index in [-0.39, 0.29) is 11.8 Å². The van der Waals surface area contributed by atoms with E-state index < -0.39 is 0 Å². The molecule has 0 aliphatic heterocycles. The number of carbonyl (C=O) groups excluding carboxylic acids is 2. The van der Waals surface area contributed by atoms with Gasteiger partial charge in [-0.3, -0.25) is 14.7 Å². The molecule has 2 amide bonds. The van der Waals surface area contributed by atoms with Gasteiger partial charge in [0.25, 0.3) is 11.8 Å². The van der Waals surface area contributed by atoms with Gasteiger partial charge in [0.15, 0.2) is 0 Å². The third kappa shape index (κ3) is 2.79. The quantitative estimate of drug-likeness (QED) is 0.776. The standard InChI is InChI=1S/C13H14N4O2/c1-8-3-4-10(9(7-8)12(18)14-2)16-13(19)11-5-6-15-17-11/h3-7H,1-2H3,(H,14,18)(H,15,17)(H,16,19). The fourth-order valence-corrected chi connectivity index (χ4v) is 1.66. The average Bonchev–Trinajstić information content (AvgIpc) is 2.94. The van der Waals surface area contributed by atoms with Crippen LogP contribution >= 0.6 is 0 Å². The van der Waals surface area contributed by atoms with Crippen LogP contribution in [-0.2, 0) is 0 Å². The minimum atomic E-state index is -0.341. The lowest BCUT2D eigenvalue weighted by molar-refractivity contribution is 0.0964. The molecule has 0 aliphatic rings. The molecule has 2 aromatic rings. The van der Waals surface area contributed by atoms with Crippen LogP contribution in [0.2, 0.25) is 0 Å². The van der Waals surface area contributed by atoms with Crippen LogP contribution < -0.4 is 10.6 Å². The molecule has 0 spiro atoms. The summed E-state index contributed by atoms with van der Waals surface area (Å²) in [6.45, 7) is 1.88. The molecule has 6 nitrogen and oxygen atoms in total. The van der Waals surface area contributed by atoms with Gasteiger partial charge in [0, 0.05) is 13.2 Å². The van der Waals surface area contributed by atoms with Gasteiger partial charge in [-0.2, -0.15) is 5.10 Å². The molecule has 19 heavy (non-hydrogen) atoms. The van der Waals surface area contributed by atoms with Crippen molar-refractivity contribution in [1.82, 2.24) is 15.5 Å². The highest BCUT2D eigenvalue weighted by Crippen LogP contribution is 2.18. The van der Waals surface area contributed by atoms with E-state index in [9.17, 15) is 9.59 Å². The Morgan fingerprint density at radius 1 is 1.21 bits per heavy atom. The van der Waals surface area contributed by atoms with E-state index in [0.29, 0.717) is 16.9 Å². The van der Waals surface area contributed by atoms with Crippen molar-refractivity contribution >= 4 is 17.5 Å². The second-order valence-electron chi connectivity index (χ2n) is 4.05. The van der Waals surface area contributed by atoms with E-state index in [0.717, 1.165) is 5.56 Å². The number of aromatic nitrogens is 2. The van der Waals surface area contributed by atoms with E-state index in [1.807, 2.05) is 13.0 Å². The molecule has 3 N–H and O–H groups in total. The topological polar surface area (TPSA) is 86.9 Å². The molecular formula is C13H14N4O2. The number of anilines is 1. The molecule has 0 unspecified atom stereocenters. The fourth-order valence-electron chi connectivity index (χ4n) is 1.66. The van der Waals surface area contributed by atoms with E-state index in [4.69, 9.17) is 0 Å². The highest BCUT2D eigenvalue weighted by molar-refractivity contribution is 6.08. The minimum Gasteiger partial charge on any atom is -0.355 e. The summed E-state index contributed by atoms with van der Waals surface area (Å²) in [5, 5.41) is 11.5. The number of hydrogen-bond donors (Lipinski definition) is 3. The first-order valence-corrected chi connectivity index (χ1v) is 5.75. The molecule has 1 aromatic carbocycles. The number of aryl methyl sites for hydroxylation is 1. The third-order valence-corrected chi connectivity index (χ3v) is 2.64. The zero-order chi connectivity index (χ0) is 13.8. The second-order valence-corrected chi connectivity index (χ2v) is 4.05. The van der Waals surface area contributed by atoms with Crippen molar-refractivity contribution in [2.75, 3.05) is 12.4 Å². The lowest BCUT2D eigenvalue weighted by Crippen LogP contribution is -2.21. The smallest absolute Gasteiger partial charge is 0.273 e. The summed E-state index contributed by atoms with van der Waals surface area (Å²) < 4.78 is 0. The molecule has 98 valence electrons. The Balaban J connectivity index is 2.29. The van der Waals surface area contributed by atoms with Crippen LogP contribution in [0.4, 0.5) is 5.69 Å². The summed E-state index contributed by atoms with van der Waals surface area (Å²) >= 11 is 0. The number of nitrogens with zero attached hydrogens (tertiary/aromatic N) is 1. The van der Waals surface area contributed by atoms with Crippen molar-refractivity contribution in [1.29, 1.82) is 0 Å². The largest absolute Gasteiger partial charge is 0.355 e. The Hall–Kier alpha value is -2.63. The Morgan fingerprint density at radius 2 is 2.00 bits per heavy atom. The van der Waals surface area contributed by atoms with Gasteiger partial charge in [-0.15, -0.1) is 0 Å². The Labute approximate surface area is 110 Å². The van der Waals surface area contributed by atoms with Crippen molar-refractivity contribution in [2.24, 2.45) is 0 Å². The van der Waals surface area contributed by atoms with Gasteiger partial charge in [0.05, 0.1) is 11.3 Å². The van der Waals surface area contributed by atoms with Gasteiger partial charge in [0.2, 0.25) is 0 Å². The zero-order valence-electron chi connectivity index (χ0n) is 10.7. The second kappa shape index (κ2) is 5.34. The number of rotatable bonds is 3. The van der Waals surface area contributed by atoms with Crippen LogP contribution in [0.3, 0.4) is 0 Å². The maximum Gasteiger partial charge on any atom is 0.273 e. The number of hydrogen-bond acceptors (Lipinski definition) is 3. The van der Waals surface area contributed by atoms with Crippen molar-refractivity contribution in [2.45, 2.75) is 6.92 Å². The number of amides is 2. The number of benzene rings is 1.